The Kier molecular flexibility index (Phi) is 5.66. The van der Waals surface area contributed by atoms with Gasteiger partial charge >= 0.3 is 5.97 Å². The number of anilines is 1. The van der Waals surface area contributed by atoms with Crippen molar-refractivity contribution >= 4 is 63.3 Å². The van der Waals surface area contributed by atoms with Gasteiger partial charge in [-0.15, -0.1) is 0 Å². The molecule has 0 bridgehead atoms. The van der Waals surface area contributed by atoms with Gasteiger partial charge in [-0.1, -0.05) is 61.9 Å². The molecule has 28 heavy (non-hydrogen) atoms. The Morgan fingerprint density at radius 3 is 2.50 bits per heavy atom. The van der Waals surface area contributed by atoms with Gasteiger partial charge in [-0.3, -0.25) is 19.3 Å². The molecule has 2 heterocycles. The summed E-state index contributed by atoms with van der Waals surface area (Å²) in [5.74, 6) is -2.81. The van der Waals surface area contributed by atoms with Crippen LogP contribution in [0.2, 0.25) is 0 Å². The first-order chi connectivity index (χ1) is 13.3. The molecule has 1 atom stereocenters. The molecule has 3 amide bonds. The number of para-hydroxylation sites is 1. The predicted molar refractivity (Wildman–Crippen MR) is 110 cm³/mol. The zero-order valence-electron chi connectivity index (χ0n) is 15.3. The molecule has 3 rings (SSSR count). The largest absolute Gasteiger partial charge is 0.480 e. The molecule has 0 aromatic heterocycles. The molecule has 2 aliphatic rings. The number of imide groups is 1. The van der Waals surface area contributed by atoms with Gasteiger partial charge < -0.3 is 5.11 Å². The van der Waals surface area contributed by atoms with Crippen LogP contribution in [-0.4, -0.2) is 44.1 Å². The van der Waals surface area contributed by atoms with Gasteiger partial charge in [0.2, 0.25) is 5.91 Å². The number of thioether (sulfide) groups is 1. The number of aliphatic carboxylic acids is 1. The van der Waals surface area contributed by atoms with Crippen molar-refractivity contribution in [2.75, 3.05) is 4.90 Å². The molecule has 1 N–H and O–H groups in total. The Balaban J connectivity index is 2.09. The first-order valence-electron chi connectivity index (χ1n) is 8.76. The van der Waals surface area contributed by atoms with E-state index in [1.807, 2.05) is 6.92 Å². The summed E-state index contributed by atoms with van der Waals surface area (Å²) in [6.07, 6.45) is 1.67. The van der Waals surface area contributed by atoms with E-state index in [1.165, 1.54) is 6.92 Å². The van der Waals surface area contributed by atoms with Crippen LogP contribution < -0.4 is 4.90 Å². The van der Waals surface area contributed by atoms with Crippen LogP contribution >= 0.6 is 24.0 Å². The highest BCUT2D eigenvalue weighted by Crippen LogP contribution is 2.45. The third kappa shape index (κ3) is 3.24. The molecule has 0 radical (unpaired) electrons. The van der Waals surface area contributed by atoms with Gasteiger partial charge in [0.25, 0.3) is 11.8 Å². The fourth-order valence-corrected chi connectivity index (χ4v) is 4.74. The van der Waals surface area contributed by atoms with Crippen LogP contribution in [0.1, 0.15) is 38.7 Å². The minimum Gasteiger partial charge on any atom is -0.480 e. The number of carboxylic acid groups (broad SMARTS) is 1. The lowest BCUT2D eigenvalue weighted by molar-refractivity contribution is -0.145. The number of fused-ring (bicyclic) bond motifs is 1. The maximum atomic E-state index is 13.1. The van der Waals surface area contributed by atoms with Crippen LogP contribution in [0.4, 0.5) is 5.69 Å². The second-order valence-corrected chi connectivity index (χ2v) is 8.06. The van der Waals surface area contributed by atoms with Gasteiger partial charge in [-0.25, -0.2) is 9.69 Å². The van der Waals surface area contributed by atoms with Crippen molar-refractivity contribution < 1.29 is 24.3 Å². The Morgan fingerprint density at radius 1 is 1.21 bits per heavy atom. The Bertz CT molecular complexity index is 940. The van der Waals surface area contributed by atoms with E-state index in [2.05, 4.69) is 0 Å². The van der Waals surface area contributed by atoms with E-state index < -0.39 is 29.7 Å². The van der Waals surface area contributed by atoms with Crippen molar-refractivity contribution in [3.63, 3.8) is 0 Å². The predicted octanol–water partition coefficient (Wildman–Crippen LogP) is 2.79. The summed E-state index contributed by atoms with van der Waals surface area (Å²) < 4.78 is 0.0996. The molecule has 9 heteroatoms. The van der Waals surface area contributed by atoms with Crippen LogP contribution in [0.15, 0.2) is 29.2 Å². The number of benzene rings is 1. The minimum absolute atomic E-state index is 0.0638. The second kappa shape index (κ2) is 7.84. The van der Waals surface area contributed by atoms with E-state index in [4.69, 9.17) is 12.2 Å². The average Bonchev–Trinajstić information content (AvgIpc) is 3.08. The van der Waals surface area contributed by atoms with E-state index in [-0.39, 0.29) is 21.2 Å². The Hall–Kier alpha value is -2.52. The molecule has 0 spiro atoms. The van der Waals surface area contributed by atoms with Crippen molar-refractivity contribution in [1.29, 1.82) is 0 Å². The summed E-state index contributed by atoms with van der Waals surface area (Å²) in [4.78, 5) is 51.9. The lowest BCUT2D eigenvalue weighted by Crippen LogP contribution is -2.44. The fraction of sp³-hybridized carbons (Fsp3) is 0.316. The lowest BCUT2D eigenvalue weighted by Gasteiger charge is -2.22. The Morgan fingerprint density at radius 2 is 1.89 bits per heavy atom. The number of hydrogen-bond acceptors (Lipinski definition) is 6. The van der Waals surface area contributed by atoms with Crippen molar-refractivity contribution in [2.45, 2.75) is 39.2 Å². The molecular formula is C19H18N2O5S2. The van der Waals surface area contributed by atoms with Crippen LogP contribution in [-0.2, 0) is 19.2 Å². The SMILES string of the molecule is CCCCC(C(=O)O)N1C(=O)C(=C2C(=O)N(C(C)=O)c3ccccc32)SC1=S. The highest BCUT2D eigenvalue weighted by Gasteiger charge is 2.46. The summed E-state index contributed by atoms with van der Waals surface area (Å²) >= 11 is 6.18. The molecule has 7 nitrogen and oxygen atoms in total. The second-order valence-electron chi connectivity index (χ2n) is 6.42. The van der Waals surface area contributed by atoms with Gasteiger partial charge in [0.15, 0.2) is 0 Å². The normalized spacial score (nSPS) is 20.0. The van der Waals surface area contributed by atoms with E-state index >= 15 is 0 Å². The average molecular weight is 418 g/mol. The molecular weight excluding hydrogens is 400 g/mol. The number of carbonyl (C=O) groups is 4. The van der Waals surface area contributed by atoms with Gasteiger partial charge in [-0.05, 0) is 12.5 Å². The molecule has 1 saturated heterocycles. The summed E-state index contributed by atoms with van der Waals surface area (Å²) in [5.41, 5.74) is 0.954. The van der Waals surface area contributed by atoms with Crippen molar-refractivity contribution in [1.82, 2.24) is 4.90 Å². The highest BCUT2D eigenvalue weighted by molar-refractivity contribution is 8.26. The number of nitrogens with zero attached hydrogens (tertiary/aromatic N) is 2. The lowest BCUT2D eigenvalue weighted by atomic mass is 10.1. The smallest absolute Gasteiger partial charge is 0.326 e. The molecule has 1 aromatic carbocycles. The van der Waals surface area contributed by atoms with Crippen LogP contribution in [0.3, 0.4) is 0 Å². The minimum atomic E-state index is -1.14. The molecule has 2 aliphatic heterocycles. The third-order valence-corrected chi connectivity index (χ3v) is 6.00. The van der Waals surface area contributed by atoms with Crippen LogP contribution in [0, 0.1) is 0 Å². The number of hydrogen-bond donors (Lipinski definition) is 1. The van der Waals surface area contributed by atoms with Gasteiger partial charge in [0.1, 0.15) is 10.4 Å². The van der Waals surface area contributed by atoms with E-state index in [0.717, 1.165) is 28.0 Å². The topological polar surface area (TPSA) is 95.0 Å². The number of amides is 3. The van der Waals surface area contributed by atoms with E-state index in [1.54, 1.807) is 24.3 Å². The van der Waals surface area contributed by atoms with E-state index in [9.17, 15) is 24.3 Å². The highest BCUT2D eigenvalue weighted by atomic mass is 32.2. The monoisotopic (exact) mass is 418 g/mol. The molecule has 146 valence electrons. The van der Waals surface area contributed by atoms with Crippen LogP contribution in [0.25, 0.3) is 5.57 Å². The molecule has 0 saturated carbocycles. The molecule has 0 aliphatic carbocycles. The molecule has 1 aromatic rings. The number of rotatable bonds is 5. The maximum Gasteiger partial charge on any atom is 0.326 e. The third-order valence-electron chi connectivity index (χ3n) is 4.60. The number of carbonyl (C=O) groups excluding carboxylic acids is 3. The van der Waals surface area contributed by atoms with Crippen molar-refractivity contribution in [3.8, 4) is 0 Å². The maximum absolute atomic E-state index is 13.1. The summed E-state index contributed by atoms with van der Waals surface area (Å²) in [7, 11) is 0. The van der Waals surface area contributed by atoms with Crippen molar-refractivity contribution in [3.05, 3.63) is 34.7 Å². The number of carboxylic acids is 1. The number of thiocarbonyl (C=S) groups is 1. The zero-order chi connectivity index (χ0) is 20.6. The Labute approximate surface area is 171 Å². The molecule has 1 fully saturated rings. The first kappa shape index (κ1) is 20.2. The van der Waals surface area contributed by atoms with E-state index in [0.29, 0.717) is 17.7 Å². The number of unbranched alkanes of at least 4 members (excludes halogenated alkanes) is 1. The van der Waals surface area contributed by atoms with Gasteiger partial charge in [0, 0.05) is 12.5 Å². The standard InChI is InChI=1S/C19H18N2O5S2/c1-3-4-8-13(18(25)26)21-17(24)15(28-19(21)27)14-11-7-5-6-9-12(11)20(10(2)22)16(14)23/h5-7,9,13H,3-4,8H2,1-2H3,(H,25,26). The summed E-state index contributed by atoms with van der Waals surface area (Å²) in [6.45, 7) is 3.20. The van der Waals surface area contributed by atoms with Crippen LogP contribution in [0.5, 0.6) is 0 Å². The quantitative estimate of drug-likeness (QED) is 0.580. The summed E-state index contributed by atoms with van der Waals surface area (Å²) in [5, 5.41) is 9.57. The van der Waals surface area contributed by atoms with Gasteiger partial charge in [0.05, 0.1) is 16.2 Å². The van der Waals surface area contributed by atoms with Crippen molar-refractivity contribution in [2.24, 2.45) is 0 Å². The van der Waals surface area contributed by atoms with Gasteiger partial charge in [-0.2, -0.15) is 0 Å². The molecule has 1 unspecified atom stereocenters. The zero-order valence-corrected chi connectivity index (χ0v) is 16.9. The first-order valence-corrected chi connectivity index (χ1v) is 9.98. The fourth-order valence-electron chi connectivity index (χ4n) is 3.31. The summed E-state index contributed by atoms with van der Waals surface area (Å²) in [6, 6.07) is 5.60.